The monoisotopic (exact) mass is 279 g/mol. The van der Waals surface area contributed by atoms with Gasteiger partial charge in [0.2, 0.25) is 0 Å². The second-order valence-corrected chi connectivity index (χ2v) is 6.55. The van der Waals surface area contributed by atoms with E-state index in [0.29, 0.717) is 39.5 Å². The third-order valence-electron chi connectivity index (χ3n) is 2.45. The lowest BCUT2D eigenvalue weighted by Gasteiger charge is -2.35. The number of nitrogens with two attached hydrogens (primary N) is 2. The van der Waals surface area contributed by atoms with Crippen LogP contribution in [-0.4, -0.2) is 53.9 Å². The maximum atomic E-state index is 5.86. The van der Waals surface area contributed by atoms with Crippen molar-refractivity contribution in [2.45, 2.75) is 32.9 Å². The normalized spacial score (nSPS) is 13.8. The predicted octanol–water partition coefficient (Wildman–Crippen LogP) is -0.160. The Labute approximate surface area is 112 Å². The van der Waals surface area contributed by atoms with Gasteiger partial charge < -0.3 is 30.1 Å². The molecule has 0 aromatic rings. The molecule has 0 bridgehead atoms. The summed E-state index contributed by atoms with van der Waals surface area (Å²) in [7, 11) is -2.73. The third-order valence-corrected chi connectivity index (χ3v) is 5.87. The summed E-state index contributed by atoms with van der Waals surface area (Å²) >= 11 is 0. The Morgan fingerprint density at radius 3 is 1.78 bits per heavy atom. The van der Waals surface area contributed by atoms with E-state index in [9.17, 15) is 0 Å². The summed E-state index contributed by atoms with van der Waals surface area (Å²) < 4.78 is 17.6. The first kappa shape index (κ1) is 18.0. The van der Waals surface area contributed by atoms with Gasteiger partial charge >= 0.3 is 8.80 Å². The van der Waals surface area contributed by atoms with Crippen molar-refractivity contribution in [2.24, 2.45) is 11.5 Å². The highest BCUT2D eigenvalue weighted by atomic mass is 28.4. The fourth-order valence-electron chi connectivity index (χ4n) is 1.86. The first-order chi connectivity index (χ1) is 8.70. The van der Waals surface area contributed by atoms with E-state index in [0.717, 1.165) is 6.42 Å². The zero-order valence-electron chi connectivity index (χ0n) is 11.9. The molecular weight excluding hydrogens is 250 g/mol. The molecule has 0 saturated carbocycles. The summed E-state index contributed by atoms with van der Waals surface area (Å²) in [6.45, 7) is 9.37. The summed E-state index contributed by atoms with van der Waals surface area (Å²) in [4.78, 5) is 0. The van der Waals surface area contributed by atoms with E-state index in [-0.39, 0.29) is 5.67 Å². The predicted molar refractivity (Wildman–Crippen MR) is 75.1 cm³/mol. The standard InChI is InChI=1S/C11H29N3O3Si/c1-4-15-18(16-5-2,17-6-3)11(7-8-12)14-10-9-13/h11,14H,4-10,12-13H2,1-3H3. The van der Waals surface area contributed by atoms with Gasteiger partial charge in [-0.2, -0.15) is 0 Å². The molecule has 0 amide bonds. The minimum atomic E-state index is -2.73. The van der Waals surface area contributed by atoms with Crippen molar-refractivity contribution in [2.75, 3.05) is 39.5 Å². The molecule has 0 heterocycles. The first-order valence-electron chi connectivity index (χ1n) is 6.76. The van der Waals surface area contributed by atoms with Gasteiger partial charge in [-0.15, -0.1) is 0 Å². The highest BCUT2D eigenvalue weighted by Gasteiger charge is 2.48. The number of nitrogens with one attached hydrogen (secondary N) is 1. The molecule has 0 fully saturated rings. The smallest absolute Gasteiger partial charge is 0.373 e. The van der Waals surface area contributed by atoms with Crippen LogP contribution in [0.4, 0.5) is 0 Å². The molecule has 1 atom stereocenters. The van der Waals surface area contributed by atoms with Gasteiger partial charge in [0.1, 0.15) is 0 Å². The average Bonchev–Trinajstić information content (AvgIpc) is 2.35. The highest BCUT2D eigenvalue weighted by molar-refractivity contribution is 6.62. The van der Waals surface area contributed by atoms with Crippen molar-refractivity contribution < 1.29 is 13.3 Å². The van der Waals surface area contributed by atoms with Crippen molar-refractivity contribution in [1.29, 1.82) is 0 Å². The first-order valence-corrected chi connectivity index (χ1v) is 8.56. The largest absolute Gasteiger partial charge is 0.518 e. The molecule has 110 valence electrons. The van der Waals surface area contributed by atoms with Gasteiger partial charge in [0.25, 0.3) is 0 Å². The van der Waals surface area contributed by atoms with Crippen LogP contribution in [0.5, 0.6) is 0 Å². The SMILES string of the molecule is CCO[Si](OCC)(OCC)C(CCN)NCCN. The van der Waals surface area contributed by atoms with Crippen molar-refractivity contribution in [3.05, 3.63) is 0 Å². The molecule has 6 nitrogen and oxygen atoms in total. The van der Waals surface area contributed by atoms with Gasteiger partial charge in [-0.05, 0) is 33.7 Å². The zero-order valence-corrected chi connectivity index (χ0v) is 12.9. The lowest BCUT2D eigenvalue weighted by atomic mass is 10.4. The Morgan fingerprint density at radius 2 is 1.44 bits per heavy atom. The lowest BCUT2D eigenvalue weighted by molar-refractivity contribution is 0.0572. The van der Waals surface area contributed by atoms with Gasteiger partial charge in [-0.1, -0.05) is 0 Å². The van der Waals surface area contributed by atoms with Crippen molar-refractivity contribution in [1.82, 2.24) is 5.32 Å². The number of hydrogen-bond acceptors (Lipinski definition) is 6. The fraction of sp³-hybridized carbons (Fsp3) is 1.00. The van der Waals surface area contributed by atoms with E-state index in [1.54, 1.807) is 0 Å². The quantitative estimate of drug-likeness (QED) is 0.430. The van der Waals surface area contributed by atoms with E-state index >= 15 is 0 Å². The molecular formula is C11H29N3O3Si. The Hall–Kier alpha value is -0.0231. The van der Waals surface area contributed by atoms with Gasteiger partial charge in [0, 0.05) is 32.9 Å². The molecule has 0 rings (SSSR count). The molecule has 0 aliphatic heterocycles. The van der Waals surface area contributed by atoms with Crippen molar-refractivity contribution >= 4 is 8.80 Å². The third kappa shape index (κ3) is 5.74. The Bertz CT molecular complexity index is 181. The van der Waals surface area contributed by atoms with Crippen molar-refractivity contribution in [3.63, 3.8) is 0 Å². The van der Waals surface area contributed by atoms with E-state index < -0.39 is 8.80 Å². The summed E-state index contributed by atoms with van der Waals surface area (Å²) in [5.74, 6) is 0. The van der Waals surface area contributed by atoms with Crippen LogP contribution in [0.15, 0.2) is 0 Å². The molecule has 5 N–H and O–H groups in total. The Morgan fingerprint density at radius 1 is 0.944 bits per heavy atom. The molecule has 0 aliphatic rings. The topological polar surface area (TPSA) is 91.8 Å². The molecule has 0 spiro atoms. The maximum Gasteiger partial charge on any atom is 0.518 e. The lowest BCUT2D eigenvalue weighted by Crippen LogP contribution is -2.63. The van der Waals surface area contributed by atoms with Gasteiger partial charge in [-0.3, -0.25) is 0 Å². The fourth-order valence-corrected chi connectivity index (χ4v) is 4.83. The van der Waals surface area contributed by atoms with E-state index in [1.807, 2.05) is 20.8 Å². The molecule has 0 aliphatic carbocycles. The second-order valence-electron chi connectivity index (χ2n) is 3.78. The van der Waals surface area contributed by atoms with E-state index in [1.165, 1.54) is 0 Å². The van der Waals surface area contributed by atoms with Crippen LogP contribution >= 0.6 is 0 Å². The molecule has 0 aromatic carbocycles. The van der Waals surface area contributed by atoms with Crippen LogP contribution in [0.2, 0.25) is 0 Å². The zero-order chi connectivity index (χ0) is 13.9. The van der Waals surface area contributed by atoms with Gasteiger partial charge in [0.05, 0.1) is 5.67 Å². The summed E-state index contributed by atoms with van der Waals surface area (Å²) in [6.07, 6.45) is 0.756. The second kappa shape index (κ2) is 10.9. The molecule has 7 heteroatoms. The number of hydrogen-bond donors (Lipinski definition) is 3. The summed E-state index contributed by atoms with van der Waals surface area (Å²) in [6, 6.07) is 0. The van der Waals surface area contributed by atoms with E-state index in [2.05, 4.69) is 5.32 Å². The number of rotatable bonds is 12. The molecule has 1 unspecified atom stereocenters. The Kier molecular flexibility index (Phi) is 10.8. The maximum absolute atomic E-state index is 5.86. The summed E-state index contributed by atoms with van der Waals surface area (Å²) in [5, 5.41) is 3.35. The molecule has 0 aromatic heterocycles. The van der Waals surface area contributed by atoms with Crippen LogP contribution in [0.25, 0.3) is 0 Å². The van der Waals surface area contributed by atoms with E-state index in [4.69, 9.17) is 24.7 Å². The molecule has 0 saturated heterocycles. The molecule has 18 heavy (non-hydrogen) atoms. The van der Waals surface area contributed by atoms with Crippen LogP contribution in [-0.2, 0) is 13.3 Å². The van der Waals surface area contributed by atoms with Crippen LogP contribution in [0, 0.1) is 0 Å². The van der Waals surface area contributed by atoms with Gasteiger partial charge in [0.15, 0.2) is 0 Å². The molecule has 0 radical (unpaired) electrons. The minimum Gasteiger partial charge on any atom is -0.373 e. The summed E-state index contributed by atoms with van der Waals surface area (Å²) in [5.41, 5.74) is 11.2. The Balaban J connectivity index is 4.88. The van der Waals surface area contributed by atoms with Crippen LogP contribution in [0.3, 0.4) is 0 Å². The van der Waals surface area contributed by atoms with Gasteiger partial charge in [-0.25, -0.2) is 0 Å². The highest BCUT2D eigenvalue weighted by Crippen LogP contribution is 2.17. The van der Waals surface area contributed by atoms with Crippen LogP contribution in [0.1, 0.15) is 27.2 Å². The van der Waals surface area contributed by atoms with Crippen LogP contribution < -0.4 is 16.8 Å². The average molecular weight is 279 g/mol. The minimum absolute atomic E-state index is 0.00546. The van der Waals surface area contributed by atoms with Crippen molar-refractivity contribution in [3.8, 4) is 0 Å².